The number of nitrogens with zero attached hydrogens (tertiary/aromatic N) is 2. The van der Waals surface area contributed by atoms with Crippen LogP contribution < -0.4 is 10.0 Å². The Morgan fingerprint density at radius 1 is 1.11 bits per heavy atom. The second kappa shape index (κ2) is 4.66. The van der Waals surface area contributed by atoms with Gasteiger partial charge in [-0.1, -0.05) is 18.2 Å². The second-order valence-corrected chi connectivity index (χ2v) is 5.67. The zero-order chi connectivity index (χ0) is 13.2. The van der Waals surface area contributed by atoms with E-state index in [0.29, 0.717) is 5.69 Å². The third-order valence-corrected chi connectivity index (χ3v) is 4.28. The molecule has 0 saturated heterocycles. The third kappa shape index (κ3) is 2.14. The fraction of sp³-hybridized carbons (Fsp3) is 0.0833. The van der Waals surface area contributed by atoms with E-state index in [1.807, 2.05) is 0 Å². The van der Waals surface area contributed by atoms with Gasteiger partial charge in [0, 0.05) is 13.2 Å². The highest BCUT2D eigenvalue weighted by molar-refractivity contribution is 7.92. The molecule has 0 aliphatic rings. The molecule has 18 heavy (non-hydrogen) atoms. The maximum atomic E-state index is 12.3. The van der Waals surface area contributed by atoms with Gasteiger partial charge in [0.1, 0.15) is 0 Å². The summed E-state index contributed by atoms with van der Waals surface area (Å²) < 4.78 is 25.7. The zero-order valence-corrected chi connectivity index (χ0v) is 10.6. The molecule has 6 heteroatoms. The number of anilines is 2. The topological polar surface area (TPSA) is 76.3 Å². The first-order valence-corrected chi connectivity index (χ1v) is 6.72. The number of benzene rings is 1. The van der Waals surface area contributed by atoms with Crippen molar-refractivity contribution in [2.75, 3.05) is 17.1 Å². The average Bonchev–Trinajstić information content (AvgIpc) is 2.39. The average molecular weight is 263 g/mol. The highest BCUT2D eigenvalue weighted by Gasteiger charge is 2.23. The number of pyridine rings is 1. The normalized spacial score (nSPS) is 11.2. The first-order valence-electron chi connectivity index (χ1n) is 5.28. The molecule has 0 bridgehead atoms. The summed E-state index contributed by atoms with van der Waals surface area (Å²) in [5, 5.41) is 0. The lowest BCUT2D eigenvalue weighted by Crippen LogP contribution is -2.28. The molecule has 0 saturated carbocycles. The maximum absolute atomic E-state index is 12.3. The van der Waals surface area contributed by atoms with Gasteiger partial charge in [-0.15, -0.1) is 0 Å². The van der Waals surface area contributed by atoms with E-state index in [0.717, 1.165) is 4.31 Å². The van der Waals surface area contributed by atoms with Crippen LogP contribution in [-0.2, 0) is 10.0 Å². The molecule has 1 aromatic carbocycles. The van der Waals surface area contributed by atoms with E-state index >= 15 is 0 Å². The van der Waals surface area contributed by atoms with E-state index in [1.165, 1.54) is 25.4 Å². The van der Waals surface area contributed by atoms with Crippen molar-refractivity contribution in [3.05, 3.63) is 48.7 Å². The number of sulfonamides is 1. The summed E-state index contributed by atoms with van der Waals surface area (Å²) in [6, 6.07) is 11.4. The van der Waals surface area contributed by atoms with Crippen LogP contribution in [-0.4, -0.2) is 20.4 Å². The molecule has 0 atom stereocenters. The van der Waals surface area contributed by atoms with Crippen molar-refractivity contribution in [3.8, 4) is 0 Å². The summed E-state index contributed by atoms with van der Waals surface area (Å²) >= 11 is 0. The van der Waals surface area contributed by atoms with Gasteiger partial charge in [0.05, 0.1) is 10.6 Å². The number of nitrogen functional groups attached to an aromatic ring is 1. The number of nitrogens with two attached hydrogens (primary N) is 1. The number of aromatic nitrogens is 1. The van der Waals surface area contributed by atoms with Crippen LogP contribution in [0.25, 0.3) is 0 Å². The Kier molecular flexibility index (Phi) is 3.20. The second-order valence-electron chi connectivity index (χ2n) is 3.70. The molecule has 0 unspecified atom stereocenters. The van der Waals surface area contributed by atoms with Gasteiger partial charge >= 0.3 is 0 Å². The van der Waals surface area contributed by atoms with E-state index in [1.54, 1.807) is 30.3 Å². The molecule has 0 spiro atoms. The van der Waals surface area contributed by atoms with Crippen molar-refractivity contribution in [2.45, 2.75) is 4.90 Å². The number of hydrogen-bond acceptors (Lipinski definition) is 4. The first-order chi connectivity index (χ1) is 8.53. The lowest BCUT2D eigenvalue weighted by molar-refractivity contribution is 0.594. The molecule has 1 aromatic heterocycles. The Balaban J connectivity index is 2.47. The van der Waals surface area contributed by atoms with Crippen LogP contribution in [0.15, 0.2) is 53.6 Å². The van der Waals surface area contributed by atoms with Gasteiger partial charge in [-0.05, 0) is 24.3 Å². The maximum Gasteiger partial charge on any atom is 0.265 e. The molecule has 0 aliphatic heterocycles. The molecule has 94 valence electrons. The van der Waals surface area contributed by atoms with Crippen molar-refractivity contribution >= 4 is 21.5 Å². The fourth-order valence-electron chi connectivity index (χ4n) is 1.54. The summed E-state index contributed by atoms with van der Waals surface area (Å²) in [7, 11) is -2.19. The summed E-state index contributed by atoms with van der Waals surface area (Å²) in [6.45, 7) is 0. The monoisotopic (exact) mass is 263 g/mol. The largest absolute Gasteiger partial charge is 0.396 e. The molecule has 1 heterocycles. The van der Waals surface area contributed by atoms with E-state index in [4.69, 9.17) is 5.73 Å². The molecule has 2 rings (SSSR count). The molecule has 0 fully saturated rings. The Morgan fingerprint density at radius 2 is 1.78 bits per heavy atom. The van der Waals surface area contributed by atoms with Crippen LogP contribution in [0.4, 0.5) is 11.5 Å². The smallest absolute Gasteiger partial charge is 0.265 e. The van der Waals surface area contributed by atoms with Gasteiger partial charge in [-0.3, -0.25) is 4.31 Å². The standard InChI is InChI=1S/C12H13N3O2S/c1-15(12-11(13)8-5-9-14-12)18(16,17)10-6-3-2-4-7-10/h2-9H,13H2,1H3. The highest BCUT2D eigenvalue weighted by atomic mass is 32.2. The number of rotatable bonds is 3. The van der Waals surface area contributed by atoms with Gasteiger partial charge in [-0.2, -0.15) is 0 Å². The quantitative estimate of drug-likeness (QED) is 0.910. The predicted octanol–water partition coefficient (Wildman–Crippen LogP) is 1.49. The van der Waals surface area contributed by atoms with Crippen LogP contribution in [0.1, 0.15) is 0 Å². The van der Waals surface area contributed by atoms with Crippen molar-refractivity contribution in [1.82, 2.24) is 4.98 Å². The summed E-state index contributed by atoms with van der Waals surface area (Å²) in [5.74, 6) is 0.223. The number of hydrogen-bond donors (Lipinski definition) is 1. The lowest BCUT2D eigenvalue weighted by atomic mass is 10.4. The van der Waals surface area contributed by atoms with E-state index < -0.39 is 10.0 Å². The van der Waals surface area contributed by atoms with Gasteiger partial charge < -0.3 is 5.73 Å². The van der Waals surface area contributed by atoms with E-state index in [2.05, 4.69) is 4.98 Å². The van der Waals surface area contributed by atoms with Gasteiger partial charge in [0.15, 0.2) is 5.82 Å². The van der Waals surface area contributed by atoms with Gasteiger partial charge in [0.25, 0.3) is 10.0 Å². The Labute approximate surface area is 106 Å². The third-order valence-electron chi connectivity index (χ3n) is 2.52. The van der Waals surface area contributed by atoms with E-state index in [-0.39, 0.29) is 10.7 Å². The first kappa shape index (κ1) is 12.4. The highest BCUT2D eigenvalue weighted by Crippen LogP contribution is 2.24. The molecule has 0 aliphatic carbocycles. The van der Waals surface area contributed by atoms with Crippen molar-refractivity contribution in [1.29, 1.82) is 0 Å². The van der Waals surface area contributed by atoms with E-state index in [9.17, 15) is 8.42 Å². The molecule has 0 radical (unpaired) electrons. The molecular formula is C12H13N3O2S. The van der Waals surface area contributed by atoms with Gasteiger partial charge in [0.2, 0.25) is 0 Å². The Hall–Kier alpha value is -2.08. The van der Waals surface area contributed by atoms with Crippen LogP contribution >= 0.6 is 0 Å². The molecule has 5 nitrogen and oxygen atoms in total. The molecule has 0 amide bonds. The van der Waals surface area contributed by atoms with Crippen molar-refractivity contribution in [3.63, 3.8) is 0 Å². The summed E-state index contributed by atoms with van der Waals surface area (Å²) in [4.78, 5) is 4.20. The fourth-order valence-corrected chi connectivity index (χ4v) is 2.73. The van der Waals surface area contributed by atoms with Crippen molar-refractivity contribution < 1.29 is 8.42 Å². The molecule has 2 N–H and O–H groups in total. The van der Waals surface area contributed by atoms with Crippen molar-refractivity contribution in [2.24, 2.45) is 0 Å². The lowest BCUT2D eigenvalue weighted by Gasteiger charge is -2.19. The molecular weight excluding hydrogens is 250 g/mol. The summed E-state index contributed by atoms with van der Waals surface area (Å²) in [5.41, 5.74) is 6.05. The van der Waals surface area contributed by atoms with Crippen LogP contribution in [0, 0.1) is 0 Å². The van der Waals surface area contributed by atoms with Crippen LogP contribution in [0.3, 0.4) is 0 Å². The minimum absolute atomic E-state index is 0.206. The zero-order valence-electron chi connectivity index (χ0n) is 9.82. The SMILES string of the molecule is CN(c1ncccc1N)S(=O)(=O)c1ccccc1. The Morgan fingerprint density at radius 3 is 2.39 bits per heavy atom. The predicted molar refractivity (Wildman–Crippen MR) is 70.7 cm³/mol. The Bertz CT molecular complexity index is 641. The minimum atomic E-state index is -3.62. The van der Waals surface area contributed by atoms with Gasteiger partial charge in [-0.25, -0.2) is 13.4 Å². The van der Waals surface area contributed by atoms with Crippen LogP contribution in [0.2, 0.25) is 0 Å². The van der Waals surface area contributed by atoms with Crippen LogP contribution in [0.5, 0.6) is 0 Å². The minimum Gasteiger partial charge on any atom is -0.396 e. The molecule has 2 aromatic rings. The summed E-state index contributed by atoms with van der Waals surface area (Å²) in [6.07, 6.45) is 1.50.